The van der Waals surface area contributed by atoms with E-state index in [1.54, 1.807) is 0 Å². The van der Waals surface area contributed by atoms with E-state index in [4.69, 9.17) is 9.72 Å². The molecule has 3 aromatic rings. The second-order valence-electron chi connectivity index (χ2n) is 8.68. The molecule has 0 amide bonds. The number of benzene rings is 2. The van der Waals surface area contributed by atoms with Gasteiger partial charge in [-0.1, -0.05) is 51.5 Å². The van der Waals surface area contributed by atoms with Crippen molar-refractivity contribution in [3.05, 3.63) is 72.0 Å². The summed E-state index contributed by atoms with van der Waals surface area (Å²) < 4.78 is 5.78. The van der Waals surface area contributed by atoms with Gasteiger partial charge in [-0.15, -0.1) is 29.8 Å². The van der Waals surface area contributed by atoms with Crippen LogP contribution in [0.15, 0.2) is 60.4 Å². The van der Waals surface area contributed by atoms with Gasteiger partial charge in [0, 0.05) is 50.1 Å². The number of aliphatic hydroxyl groups is 1. The van der Waals surface area contributed by atoms with Gasteiger partial charge in [-0.05, 0) is 24.0 Å². The van der Waals surface area contributed by atoms with E-state index < -0.39 is 0 Å². The summed E-state index contributed by atoms with van der Waals surface area (Å²) in [6, 6.07) is 19.4. The number of carbonyl (C=O) groups excluding carboxylic acids is 1. The number of fused-ring (bicyclic) bond motifs is 4. The minimum Gasteiger partial charge on any atom is -0.512 e. The molecule has 0 atom stereocenters. The maximum absolute atomic E-state index is 11.2. The molecular weight excluding hydrogens is 579 g/mol. The van der Waals surface area contributed by atoms with E-state index in [0.717, 1.165) is 33.5 Å². The summed E-state index contributed by atoms with van der Waals surface area (Å²) in [5, 5.41) is 10.5. The molecule has 0 aliphatic carbocycles. The second kappa shape index (κ2) is 11.9. The molecule has 0 bridgehead atoms. The van der Waals surface area contributed by atoms with Crippen LogP contribution in [0.2, 0.25) is 0 Å². The Hall–Kier alpha value is -2.49. The Labute approximate surface area is 204 Å². The number of hydrogen-bond acceptors (Lipinski definition) is 4. The maximum Gasteiger partial charge on any atom is 0.159 e. The zero-order chi connectivity index (χ0) is 22.4. The average molecular weight is 609 g/mol. The van der Waals surface area contributed by atoms with Gasteiger partial charge in [0.05, 0.1) is 17.9 Å². The van der Waals surface area contributed by atoms with Crippen LogP contribution in [0.25, 0.3) is 22.2 Å². The molecule has 0 spiro atoms. The van der Waals surface area contributed by atoms with Crippen LogP contribution in [0.4, 0.5) is 0 Å². The molecule has 2 aromatic carbocycles. The molecule has 171 valence electrons. The number of aliphatic hydroxyl groups excluding tert-OH is 1. The quantitative estimate of drug-likeness (QED) is 0.200. The first-order chi connectivity index (χ1) is 14.8. The van der Waals surface area contributed by atoms with Crippen LogP contribution in [0.1, 0.15) is 46.1 Å². The molecule has 1 aromatic heterocycles. The van der Waals surface area contributed by atoms with Crippen molar-refractivity contribution in [2.45, 2.75) is 47.1 Å². The SMILES string of the molecule is CC(C)CC(=O)/C=C(\O)CC(C)C.[Ir].[c-]1cccc2c1-c1nc3ccccc3cc1OC2. The summed E-state index contributed by atoms with van der Waals surface area (Å²) in [4.78, 5) is 15.9. The Morgan fingerprint density at radius 2 is 1.84 bits per heavy atom. The average Bonchev–Trinajstić information content (AvgIpc) is 2.71. The minimum absolute atomic E-state index is 0. The van der Waals surface area contributed by atoms with Crippen LogP contribution in [0.3, 0.4) is 0 Å². The molecule has 1 aliphatic heterocycles. The number of ether oxygens (including phenoxy) is 1. The maximum atomic E-state index is 11.2. The summed E-state index contributed by atoms with van der Waals surface area (Å²) >= 11 is 0. The van der Waals surface area contributed by atoms with Crippen molar-refractivity contribution in [2.75, 3.05) is 0 Å². The number of ketones is 1. The summed E-state index contributed by atoms with van der Waals surface area (Å²) in [6.07, 6.45) is 2.46. The zero-order valence-corrected chi connectivity index (χ0v) is 21.4. The molecule has 1 aliphatic rings. The third kappa shape index (κ3) is 7.01. The van der Waals surface area contributed by atoms with Gasteiger partial charge in [0.2, 0.25) is 0 Å². The van der Waals surface area contributed by atoms with Crippen molar-refractivity contribution in [3.8, 4) is 17.0 Å². The van der Waals surface area contributed by atoms with Crippen LogP contribution in [-0.4, -0.2) is 15.9 Å². The van der Waals surface area contributed by atoms with Crippen LogP contribution in [0.5, 0.6) is 5.75 Å². The molecule has 1 radical (unpaired) electrons. The largest absolute Gasteiger partial charge is 0.512 e. The topological polar surface area (TPSA) is 59.4 Å². The first-order valence-electron chi connectivity index (χ1n) is 10.8. The van der Waals surface area contributed by atoms with E-state index in [-0.39, 0.29) is 31.6 Å². The minimum atomic E-state index is 0. The van der Waals surface area contributed by atoms with Crippen molar-refractivity contribution in [1.82, 2.24) is 4.98 Å². The second-order valence-corrected chi connectivity index (χ2v) is 8.68. The summed E-state index contributed by atoms with van der Waals surface area (Å²) in [5.74, 6) is 1.83. The predicted molar refractivity (Wildman–Crippen MR) is 125 cm³/mol. The Bertz CT molecular complexity index is 1090. The van der Waals surface area contributed by atoms with Gasteiger partial charge < -0.3 is 9.84 Å². The van der Waals surface area contributed by atoms with Gasteiger partial charge >= 0.3 is 0 Å². The predicted octanol–water partition coefficient (Wildman–Crippen LogP) is 6.68. The zero-order valence-electron chi connectivity index (χ0n) is 19.0. The third-order valence-electron chi connectivity index (χ3n) is 4.81. The van der Waals surface area contributed by atoms with Gasteiger partial charge in [-0.2, -0.15) is 0 Å². The summed E-state index contributed by atoms with van der Waals surface area (Å²) in [6.45, 7) is 8.60. The molecule has 4 nitrogen and oxygen atoms in total. The molecule has 0 saturated heterocycles. The van der Waals surface area contributed by atoms with Crippen LogP contribution < -0.4 is 4.74 Å². The van der Waals surface area contributed by atoms with Crippen molar-refractivity contribution < 1.29 is 34.7 Å². The van der Waals surface area contributed by atoms with Crippen molar-refractivity contribution in [2.24, 2.45) is 11.8 Å². The number of aromatic nitrogens is 1. The smallest absolute Gasteiger partial charge is 0.159 e. The van der Waals surface area contributed by atoms with Crippen LogP contribution in [0, 0.1) is 17.9 Å². The Morgan fingerprint density at radius 3 is 2.56 bits per heavy atom. The Morgan fingerprint density at radius 1 is 1.12 bits per heavy atom. The van der Waals surface area contributed by atoms with E-state index in [9.17, 15) is 9.90 Å². The first-order valence-corrected chi connectivity index (χ1v) is 10.8. The molecule has 0 fully saturated rings. The third-order valence-corrected chi connectivity index (χ3v) is 4.81. The molecule has 1 N–H and O–H groups in total. The molecule has 0 saturated carbocycles. The molecular formula is C27H30IrNO3-. The van der Waals surface area contributed by atoms with Crippen LogP contribution in [-0.2, 0) is 31.5 Å². The fourth-order valence-electron chi connectivity index (χ4n) is 3.48. The van der Waals surface area contributed by atoms with Crippen LogP contribution >= 0.6 is 0 Å². The normalized spacial score (nSPS) is 12.2. The number of pyridine rings is 1. The molecule has 0 unspecified atom stereocenters. The number of nitrogens with zero attached hydrogens (tertiary/aromatic N) is 1. The molecule has 32 heavy (non-hydrogen) atoms. The summed E-state index contributed by atoms with van der Waals surface area (Å²) in [5.41, 5.74) is 4.10. The van der Waals surface area contributed by atoms with E-state index in [1.807, 2.05) is 58.0 Å². The van der Waals surface area contributed by atoms with Crippen molar-refractivity contribution >= 4 is 16.7 Å². The van der Waals surface area contributed by atoms with Gasteiger partial charge in [0.1, 0.15) is 5.75 Å². The number of rotatable bonds is 5. The van der Waals surface area contributed by atoms with E-state index in [1.165, 1.54) is 6.08 Å². The first kappa shape index (κ1) is 25.8. The molecule has 5 heteroatoms. The monoisotopic (exact) mass is 609 g/mol. The number of allylic oxidation sites excluding steroid dienone is 2. The van der Waals surface area contributed by atoms with Crippen molar-refractivity contribution in [1.29, 1.82) is 0 Å². The fourth-order valence-corrected chi connectivity index (χ4v) is 3.48. The molecule has 2 heterocycles. The number of carbonyl (C=O) groups is 1. The Kier molecular flexibility index (Phi) is 9.61. The van der Waals surface area contributed by atoms with Crippen molar-refractivity contribution in [3.63, 3.8) is 0 Å². The molecule has 4 rings (SSSR count). The number of hydrogen-bond donors (Lipinski definition) is 1. The fraction of sp³-hybridized carbons (Fsp3) is 0.333. The number of para-hydroxylation sites is 1. The van der Waals surface area contributed by atoms with E-state index in [2.05, 4.69) is 24.3 Å². The van der Waals surface area contributed by atoms with Gasteiger partial charge in [0.15, 0.2) is 5.78 Å². The van der Waals surface area contributed by atoms with Gasteiger partial charge in [-0.25, -0.2) is 0 Å². The van der Waals surface area contributed by atoms with Gasteiger partial charge in [-0.3, -0.25) is 9.78 Å². The standard InChI is InChI=1S/C16H10NO.C11H20O2.Ir/c1-3-7-13-12(6-1)10-18-15-9-11-5-2-4-8-14(11)17-16(13)15;1-8(2)5-10(12)7-11(13)6-9(3)4;/h1-6,8-9H,10H2;7-9,12H,5-6H2,1-4H3;/q-1;;/b;10-7-;. The summed E-state index contributed by atoms with van der Waals surface area (Å²) in [7, 11) is 0. The van der Waals surface area contributed by atoms with E-state index in [0.29, 0.717) is 31.3 Å². The Balaban J connectivity index is 0.000000234. The van der Waals surface area contributed by atoms with E-state index >= 15 is 0 Å². The van der Waals surface area contributed by atoms with Gasteiger partial charge in [0.25, 0.3) is 0 Å².